The van der Waals surface area contributed by atoms with Gasteiger partial charge < -0.3 is 10.6 Å². The van der Waals surface area contributed by atoms with E-state index in [4.69, 9.17) is 0 Å². The fourth-order valence-electron chi connectivity index (χ4n) is 2.69. The maximum Gasteiger partial charge on any atom is 0.321 e. The van der Waals surface area contributed by atoms with E-state index in [-0.39, 0.29) is 12.1 Å². The molecule has 0 unspecified atom stereocenters. The molecule has 2 heterocycles. The van der Waals surface area contributed by atoms with Crippen molar-refractivity contribution in [3.63, 3.8) is 0 Å². The number of hydrogen-bond donors (Lipinski definition) is 2. The fraction of sp³-hybridized carbons (Fsp3) is 0.500. The molecule has 0 aliphatic carbocycles. The van der Waals surface area contributed by atoms with Crippen molar-refractivity contribution < 1.29 is 9.59 Å². The smallest absolute Gasteiger partial charge is 0.311 e. The van der Waals surface area contributed by atoms with E-state index in [1.165, 1.54) is 0 Å². The number of hydrogen-bond acceptors (Lipinski definition) is 2. The Kier molecular flexibility index (Phi) is 2.61. The number of nitrogens with one attached hydrogen (secondary N) is 2. The van der Waals surface area contributed by atoms with Gasteiger partial charge in [0, 0.05) is 13.1 Å². The van der Waals surface area contributed by atoms with Gasteiger partial charge in [0.25, 0.3) is 0 Å². The maximum atomic E-state index is 12.0. The molecule has 0 radical (unpaired) electrons. The molecule has 2 N–H and O–H groups in total. The third-order valence-electron chi connectivity index (χ3n) is 3.83. The van der Waals surface area contributed by atoms with Gasteiger partial charge in [-0.05, 0) is 13.8 Å². The standard InChI is InChI=1S/C12H18N4O2/c1-5-7-15-9(17)13-11(3)12(15,4)16(8-6-2)10(18)14-11/h5-6H,1-2,7-8H2,3-4H3,(H,13,17)(H,14,18). The molecule has 98 valence electrons. The van der Waals surface area contributed by atoms with Gasteiger partial charge >= 0.3 is 12.1 Å². The van der Waals surface area contributed by atoms with Crippen LogP contribution in [0.3, 0.4) is 0 Å². The Morgan fingerprint density at radius 1 is 1.06 bits per heavy atom. The highest BCUT2D eigenvalue weighted by Gasteiger charge is 2.66. The molecule has 0 aromatic rings. The lowest BCUT2D eigenvalue weighted by molar-refractivity contribution is 0.0305. The second-order valence-electron chi connectivity index (χ2n) is 4.80. The number of urea groups is 2. The summed E-state index contributed by atoms with van der Waals surface area (Å²) in [6.07, 6.45) is 3.29. The van der Waals surface area contributed by atoms with Crippen molar-refractivity contribution >= 4 is 12.1 Å². The van der Waals surface area contributed by atoms with E-state index in [1.807, 2.05) is 6.92 Å². The molecule has 0 saturated carbocycles. The van der Waals surface area contributed by atoms with Crippen LogP contribution < -0.4 is 10.6 Å². The van der Waals surface area contributed by atoms with Crippen LogP contribution in [-0.4, -0.2) is 46.3 Å². The Balaban J connectivity index is 2.47. The van der Waals surface area contributed by atoms with Crippen LogP contribution in [0, 0.1) is 0 Å². The van der Waals surface area contributed by atoms with E-state index >= 15 is 0 Å². The number of amides is 4. The highest BCUT2D eigenvalue weighted by atomic mass is 16.2. The van der Waals surface area contributed by atoms with Crippen molar-refractivity contribution in [2.24, 2.45) is 0 Å². The lowest BCUT2D eigenvalue weighted by Crippen LogP contribution is -2.63. The van der Waals surface area contributed by atoms with Gasteiger partial charge in [-0.1, -0.05) is 12.2 Å². The lowest BCUT2D eigenvalue weighted by Gasteiger charge is -2.42. The summed E-state index contributed by atoms with van der Waals surface area (Å²) in [5.41, 5.74) is -1.59. The molecule has 0 bridgehead atoms. The Hall–Kier alpha value is -1.98. The molecule has 2 rings (SSSR count). The van der Waals surface area contributed by atoms with Gasteiger partial charge in [0.15, 0.2) is 11.3 Å². The summed E-state index contributed by atoms with van der Waals surface area (Å²) in [6.45, 7) is 11.7. The highest BCUT2D eigenvalue weighted by Crippen LogP contribution is 2.40. The van der Waals surface area contributed by atoms with Gasteiger partial charge in [-0.15, -0.1) is 13.2 Å². The van der Waals surface area contributed by atoms with Gasteiger partial charge in [-0.25, -0.2) is 9.59 Å². The van der Waals surface area contributed by atoms with E-state index in [0.29, 0.717) is 13.1 Å². The van der Waals surface area contributed by atoms with Crippen molar-refractivity contribution in [3.8, 4) is 0 Å². The van der Waals surface area contributed by atoms with Crippen molar-refractivity contribution in [3.05, 3.63) is 25.3 Å². The van der Waals surface area contributed by atoms with Gasteiger partial charge in [0.05, 0.1) is 0 Å². The van der Waals surface area contributed by atoms with E-state index in [9.17, 15) is 9.59 Å². The largest absolute Gasteiger partial charge is 0.321 e. The summed E-state index contributed by atoms with van der Waals surface area (Å²) in [7, 11) is 0. The first-order valence-corrected chi connectivity index (χ1v) is 5.82. The highest BCUT2D eigenvalue weighted by molar-refractivity contribution is 5.88. The molecule has 0 aromatic carbocycles. The first-order chi connectivity index (χ1) is 8.40. The van der Waals surface area contributed by atoms with Gasteiger partial charge in [-0.3, -0.25) is 9.80 Å². The predicted octanol–water partition coefficient (Wildman–Crippen LogP) is 0.841. The summed E-state index contributed by atoms with van der Waals surface area (Å²) in [4.78, 5) is 27.2. The van der Waals surface area contributed by atoms with Gasteiger partial charge in [0.2, 0.25) is 0 Å². The molecule has 6 heteroatoms. The average Bonchev–Trinajstić information content (AvgIpc) is 2.58. The van der Waals surface area contributed by atoms with Crippen LogP contribution in [0.15, 0.2) is 25.3 Å². The van der Waals surface area contributed by atoms with E-state index in [2.05, 4.69) is 23.8 Å². The van der Waals surface area contributed by atoms with Crippen LogP contribution in [0.4, 0.5) is 9.59 Å². The molecular weight excluding hydrogens is 232 g/mol. The minimum Gasteiger partial charge on any atom is -0.311 e. The average molecular weight is 250 g/mol. The molecule has 2 saturated heterocycles. The van der Waals surface area contributed by atoms with E-state index < -0.39 is 11.3 Å². The first kappa shape index (κ1) is 12.5. The topological polar surface area (TPSA) is 64.7 Å². The zero-order valence-electron chi connectivity index (χ0n) is 10.7. The lowest BCUT2D eigenvalue weighted by atomic mass is 9.97. The van der Waals surface area contributed by atoms with Crippen LogP contribution >= 0.6 is 0 Å². The Morgan fingerprint density at radius 3 is 1.78 bits per heavy atom. The summed E-state index contributed by atoms with van der Waals surface area (Å²) in [5.74, 6) is 0. The molecule has 4 amide bonds. The molecule has 0 spiro atoms. The molecule has 18 heavy (non-hydrogen) atoms. The van der Waals surface area contributed by atoms with Crippen LogP contribution in [0.5, 0.6) is 0 Å². The number of nitrogens with zero attached hydrogens (tertiary/aromatic N) is 2. The second kappa shape index (κ2) is 3.76. The zero-order chi connectivity index (χ0) is 13.6. The second-order valence-corrected chi connectivity index (χ2v) is 4.80. The first-order valence-electron chi connectivity index (χ1n) is 5.82. The molecular formula is C12H18N4O2. The summed E-state index contributed by atoms with van der Waals surface area (Å²) in [6, 6.07) is -0.428. The molecule has 0 aromatic heterocycles. The van der Waals surface area contributed by atoms with Crippen molar-refractivity contribution in [2.45, 2.75) is 25.2 Å². The SMILES string of the molecule is C=CCN1C(=O)NC2(C)NC(=O)N(CC=C)C12C. The minimum atomic E-state index is -0.812. The monoisotopic (exact) mass is 250 g/mol. The Bertz CT molecular complexity index is 400. The predicted molar refractivity (Wildman–Crippen MR) is 67.7 cm³/mol. The Morgan fingerprint density at radius 2 is 1.44 bits per heavy atom. The van der Waals surface area contributed by atoms with Gasteiger partial charge in [0.1, 0.15) is 0 Å². The van der Waals surface area contributed by atoms with Crippen molar-refractivity contribution in [1.29, 1.82) is 0 Å². The van der Waals surface area contributed by atoms with E-state index in [1.54, 1.807) is 28.9 Å². The number of fused-ring (bicyclic) bond motifs is 1. The van der Waals surface area contributed by atoms with E-state index in [0.717, 1.165) is 0 Å². The summed E-state index contributed by atoms with van der Waals surface area (Å²) in [5, 5.41) is 5.64. The van der Waals surface area contributed by atoms with Gasteiger partial charge in [-0.2, -0.15) is 0 Å². The summed E-state index contributed by atoms with van der Waals surface area (Å²) < 4.78 is 0. The van der Waals surface area contributed by atoms with Crippen molar-refractivity contribution in [2.75, 3.05) is 13.1 Å². The van der Waals surface area contributed by atoms with Crippen molar-refractivity contribution in [1.82, 2.24) is 20.4 Å². The van der Waals surface area contributed by atoms with Crippen LogP contribution in [0.1, 0.15) is 13.8 Å². The Labute approximate surface area is 106 Å². The van der Waals surface area contributed by atoms with Crippen LogP contribution in [0.25, 0.3) is 0 Å². The number of rotatable bonds is 4. The van der Waals surface area contributed by atoms with Crippen LogP contribution in [0.2, 0.25) is 0 Å². The molecule has 2 fully saturated rings. The quantitative estimate of drug-likeness (QED) is 0.726. The molecule has 0 atom stereocenters. The minimum absolute atomic E-state index is 0.214. The molecule has 2 aliphatic heterocycles. The number of carbonyl (C=O) groups is 2. The summed E-state index contributed by atoms with van der Waals surface area (Å²) >= 11 is 0. The molecule has 2 aliphatic rings. The third kappa shape index (κ3) is 1.28. The number of carbonyl (C=O) groups excluding carboxylic acids is 2. The maximum absolute atomic E-state index is 12.0. The fourth-order valence-corrected chi connectivity index (χ4v) is 2.69. The molecule has 6 nitrogen and oxygen atoms in total. The normalized spacial score (nSPS) is 34.1. The van der Waals surface area contributed by atoms with Crippen LogP contribution in [-0.2, 0) is 0 Å². The third-order valence-corrected chi connectivity index (χ3v) is 3.83. The zero-order valence-corrected chi connectivity index (χ0v) is 10.7.